The summed E-state index contributed by atoms with van der Waals surface area (Å²) in [5.74, 6) is 0.125. The van der Waals surface area contributed by atoms with Crippen LogP contribution in [0.15, 0.2) is 0 Å². The molecule has 1 aromatic heterocycles. The predicted octanol–water partition coefficient (Wildman–Crippen LogP) is -2.96. The molecule has 0 spiro atoms. The molecule has 1 heterocycles. The van der Waals surface area contributed by atoms with Gasteiger partial charge in [-0.2, -0.15) is 15.0 Å². The summed E-state index contributed by atoms with van der Waals surface area (Å²) in [5.41, 5.74) is 15.4. The van der Waals surface area contributed by atoms with Gasteiger partial charge < -0.3 is 31.9 Å². The number of nitrogens with zero attached hydrogens (tertiary/aromatic N) is 3. The third-order valence-corrected chi connectivity index (χ3v) is 0.687. The van der Waals surface area contributed by atoms with E-state index in [2.05, 4.69) is 15.0 Å². The molecule has 12 heteroatoms. The van der Waals surface area contributed by atoms with Crippen molar-refractivity contribution in [3.8, 4) is 0 Å². The van der Waals surface area contributed by atoms with Crippen molar-refractivity contribution < 1.29 is 19.2 Å². The number of nitrogen functional groups attached to an aromatic ring is 3. The van der Waals surface area contributed by atoms with Gasteiger partial charge in [0.25, 0.3) is 0 Å². The summed E-state index contributed by atoms with van der Waals surface area (Å²) in [5, 5.41) is 0. The maximum atomic E-state index is 8.88. The summed E-state index contributed by atoms with van der Waals surface area (Å²) >= 11 is 0. The van der Waals surface area contributed by atoms with E-state index >= 15 is 0 Å². The van der Waals surface area contributed by atoms with Crippen LogP contribution in [0.5, 0.6) is 0 Å². The fraction of sp³-hybridized carbons (Fsp3) is 0. The zero-order valence-corrected chi connectivity index (χ0v) is 7.67. The van der Waals surface area contributed by atoms with Gasteiger partial charge in [0.15, 0.2) is 0 Å². The van der Waals surface area contributed by atoms with Gasteiger partial charge in [0.05, 0.1) is 0 Å². The number of anilines is 3. The van der Waals surface area contributed by atoms with E-state index < -0.39 is 7.82 Å². The Balaban J connectivity index is 0. The molecule has 0 aliphatic heterocycles. The summed E-state index contributed by atoms with van der Waals surface area (Å²) in [6, 6.07) is 0. The van der Waals surface area contributed by atoms with Crippen molar-refractivity contribution >= 4 is 77.1 Å². The van der Waals surface area contributed by atoms with E-state index in [1.54, 1.807) is 0 Å². The average Bonchev–Trinajstić information content (AvgIpc) is 1.77. The molecule has 0 saturated carbocycles. The van der Waals surface area contributed by atoms with E-state index in [-0.39, 0.29) is 69.2 Å². The number of hydrogen-bond acceptors (Lipinski definition) is 7. The molecule has 1 aromatic rings. The second kappa shape index (κ2) is 7.43. The molecule has 0 fully saturated rings. The van der Waals surface area contributed by atoms with Crippen molar-refractivity contribution in [2.24, 2.45) is 0 Å². The molecule has 15 heavy (non-hydrogen) atoms. The SMILES string of the molecule is Nc1nc(N)nc(N)n1.O=P(O)(O)O.[KH]. The maximum absolute atomic E-state index is 8.88. The van der Waals surface area contributed by atoms with E-state index in [9.17, 15) is 0 Å². The summed E-state index contributed by atoms with van der Waals surface area (Å²) < 4.78 is 8.88. The van der Waals surface area contributed by atoms with E-state index in [0.717, 1.165) is 0 Å². The Morgan fingerprint density at radius 2 is 1.00 bits per heavy atom. The van der Waals surface area contributed by atoms with Crippen LogP contribution in [0.25, 0.3) is 0 Å². The van der Waals surface area contributed by atoms with E-state index in [4.69, 9.17) is 36.4 Å². The fourth-order valence-electron chi connectivity index (χ4n) is 0.427. The van der Waals surface area contributed by atoms with Gasteiger partial charge in [-0.05, 0) is 0 Å². The first-order chi connectivity index (χ1) is 6.18. The second-order valence-electron chi connectivity index (χ2n) is 1.92. The zero-order valence-electron chi connectivity index (χ0n) is 6.77. The Kier molecular flexibility index (Phi) is 8.70. The molecule has 0 aliphatic rings. The van der Waals surface area contributed by atoms with Crippen LogP contribution in [0.3, 0.4) is 0 Å². The topological polar surface area (TPSA) is 194 Å². The third-order valence-electron chi connectivity index (χ3n) is 0.687. The molecule has 0 saturated heterocycles. The molecule has 0 atom stereocenters. The van der Waals surface area contributed by atoms with Gasteiger partial charge in [-0.3, -0.25) is 0 Å². The van der Waals surface area contributed by atoms with Crippen LogP contribution in [0.1, 0.15) is 0 Å². The van der Waals surface area contributed by atoms with Crippen molar-refractivity contribution in [1.29, 1.82) is 0 Å². The van der Waals surface area contributed by atoms with Crippen molar-refractivity contribution in [2.45, 2.75) is 0 Å². The minimum atomic E-state index is -4.64. The van der Waals surface area contributed by atoms with E-state index in [1.807, 2.05) is 0 Å². The standard InChI is InChI=1S/C3H6N6.K.H3O4P.H/c4-1-7-2(5)9-3(6)8-1;;1-5(2,3)4;/h(H6,4,5,6,7,8,9);;(H3,1,2,3,4);. The van der Waals surface area contributed by atoms with Crippen LogP contribution in [-0.4, -0.2) is 81.0 Å². The first-order valence-electron chi connectivity index (χ1n) is 2.99. The van der Waals surface area contributed by atoms with Gasteiger partial charge >= 0.3 is 59.2 Å². The van der Waals surface area contributed by atoms with Crippen molar-refractivity contribution in [3.05, 3.63) is 0 Å². The van der Waals surface area contributed by atoms with E-state index in [0.29, 0.717) is 0 Å². The molecule has 0 aromatic carbocycles. The van der Waals surface area contributed by atoms with Gasteiger partial charge in [0, 0.05) is 0 Å². The first kappa shape index (κ1) is 17.5. The number of aromatic nitrogens is 3. The number of hydrogen-bond donors (Lipinski definition) is 6. The van der Waals surface area contributed by atoms with Crippen LogP contribution in [-0.2, 0) is 4.57 Å². The molecule has 0 bridgehead atoms. The normalized spacial score (nSPS) is 9.53. The van der Waals surface area contributed by atoms with Crippen LogP contribution in [0.4, 0.5) is 17.8 Å². The van der Waals surface area contributed by atoms with Crippen LogP contribution in [0.2, 0.25) is 0 Å². The van der Waals surface area contributed by atoms with Crippen LogP contribution < -0.4 is 17.2 Å². The van der Waals surface area contributed by atoms with Gasteiger partial charge in [0.2, 0.25) is 17.8 Å². The molecule has 82 valence electrons. The number of nitrogens with two attached hydrogens (primary N) is 3. The summed E-state index contributed by atoms with van der Waals surface area (Å²) in [6.07, 6.45) is 0. The summed E-state index contributed by atoms with van der Waals surface area (Å²) in [4.78, 5) is 32.0. The quantitative estimate of drug-likeness (QED) is 0.208. The second-order valence-corrected chi connectivity index (χ2v) is 2.95. The molecule has 0 radical (unpaired) electrons. The fourth-order valence-corrected chi connectivity index (χ4v) is 0.427. The molecular formula is C3H10KN6O4P. The summed E-state index contributed by atoms with van der Waals surface area (Å²) in [6.45, 7) is 0. The Bertz CT molecular complexity index is 297. The Morgan fingerprint density at radius 3 is 1.13 bits per heavy atom. The minimum absolute atomic E-state index is 0. The monoisotopic (exact) mass is 264 g/mol. The number of rotatable bonds is 0. The molecule has 0 unspecified atom stereocenters. The van der Waals surface area contributed by atoms with Crippen molar-refractivity contribution in [1.82, 2.24) is 15.0 Å². The molecule has 1 rings (SSSR count). The Morgan fingerprint density at radius 1 is 0.867 bits per heavy atom. The van der Waals surface area contributed by atoms with Crippen LogP contribution in [0, 0.1) is 0 Å². The average molecular weight is 264 g/mol. The number of phosphoric acid groups is 1. The van der Waals surface area contributed by atoms with Crippen molar-refractivity contribution in [3.63, 3.8) is 0 Å². The Hall–Kier alpha value is 0.156. The van der Waals surface area contributed by atoms with Crippen molar-refractivity contribution in [2.75, 3.05) is 17.2 Å². The van der Waals surface area contributed by atoms with Gasteiger partial charge in [-0.25, -0.2) is 4.57 Å². The molecule has 0 aliphatic carbocycles. The Labute approximate surface area is 127 Å². The van der Waals surface area contributed by atoms with Gasteiger partial charge in [-0.1, -0.05) is 0 Å². The molecular weight excluding hydrogens is 254 g/mol. The molecule has 10 nitrogen and oxygen atoms in total. The third kappa shape index (κ3) is 14.2. The van der Waals surface area contributed by atoms with Gasteiger partial charge in [0.1, 0.15) is 0 Å². The first-order valence-corrected chi connectivity index (χ1v) is 4.56. The predicted molar refractivity (Wildman–Crippen MR) is 54.5 cm³/mol. The van der Waals surface area contributed by atoms with Crippen LogP contribution >= 0.6 is 7.82 Å². The summed E-state index contributed by atoms with van der Waals surface area (Å²) in [7, 11) is -4.64. The zero-order chi connectivity index (χ0) is 11.4. The molecule has 0 amide bonds. The van der Waals surface area contributed by atoms with E-state index in [1.165, 1.54) is 0 Å². The van der Waals surface area contributed by atoms with Gasteiger partial charge in [-0.15, -0.1) is 0 Å². The molecule has 9 N–H and O–H groups in total.